The predicted octanol–water partition coefficient (Wildman–Crippen LogP) is 1.66. The van der Waals surface area contributed by atoms with Crippen molar-refractivity contribution >= 4 is 47.6 Å². The molecule has 0 aliphatic carbocycles. The first-order valence-electron chi connectivity index (χ1n) is 18.6. The summed E-state index contributed by atoms with van der Waals surface area (Å²) in [4.78, 5) is 64.2. The van der Waals surface area contributed by atoms with Gasteiger partial charge in [0.25, 0.3) is 0 Å². The molecule has 332 valence electrons. The summed E-state index contributed by atoms with van der Waals surface area (Å²) in [7, 11) is 6.20. The van der Waals surface area contributed by atoms with Gasteiger partial charge < -0.3 is 54.1 Å². The van der Waals surface area contributed by atoms with Crippen LogP contribution in [0.1, 0.15) is 41.5 Å². The monoisotopic (exact) mass is 836 g/mol. The van der Waals surface area contributed by atoms with Crippen molar-refractivity contribution in [2.75, 3.05) is 131 Å². The van der Waals surface area contributed by atoms with Gasteiger partial charge in [-0.3, -0.25) is 14.7 Å². The van der Waals surface area contributed by atoms with E-state index in [2.05, 4.69) is 0 Å². The van der Waals surface area contributed by atoms with Gasteiger partial charge in [0.15, 0.2) is 13.5 Å². The molecule has 0 saturated heterocycles. The highest BCUT2D eigenvalue weighted by Gasteiger charge is 2.25. The lowest BCUT2D eigenvalue weighted by Gasteiger charge is -2.32. The highest BCUT2D eigenvalue weighted by molar-refractivity contribution is 5.82. The maximum Gasteiger partial charge on any atom is 0.332 e. The molecule has 2 rings (SSSR count). The van der Waals surface area contributed by atoms with Crippen LogP contribution in [0.3, 0.4) is 0 Å². The molecular formula is C37H64N12O10. The van der Waals surface area contributed by atoms with Gasteiger partial charge in [0.1, 0.15) is 33.6 Å². The molecule has 0 radical (unpaired) electrons. The van der Waals surface area contributed by atoms with E-state index >= 15 is 0 Å². The molecule has 59 heavy (non-hydrogen) atoms. The third-order valence-corrected chi connectivity index (χ3v) is 7.70. The van der Waals surface area contributed by atoms with Crippen LogP contribution in [0, 0.1) is 0 Å². The van der Waals surface area contributed by atoms with Gasteiger partial charge in [-0.05, 0) is 41.5 Å². The minimum absolute atomic E-state index is 0. The van der Waals surface area contributed by atoms with Crippen LogP contribution in [0.15, 0.2) is 48.6 Å². The van der Waals surface area contributed by atoms with E-state index < -0.39 is 11.9 Å². The number of ether oxygens (including phenoxy) is 6. The fourth-order valence-electron chi connectivity index (χ4n) is 4.80. The van der Waals surface area contributed by atoms with E-state index in [4.69, 9.17) is 58.3 Å². The summed E-state index contributed by atoms with van der Waals surface area (Å²) < 4.78 is 33.2. The molecule has 0 atom stereocenters. The van der Waals surface area contributed by atoms with Crippen LogP contribution in [0.5, 0.6) is 0 Å². The molecule has 0 amide bonds. The van der Waals surface area contributed by atoms with Gasteiger partial charge in [0.2, 0.25) is 35.7 Å². The first-order chi connectivity index (χ1) is 27.7. The summed E-state index contributed by atoms with van der Waals surface area (Å²) in [6.45, 7) is 13.7. The molecular weight excluding hydrogens is 772 g/mol. The van der Waals surface area contributed by atoms with E-state index in [9.17, 15) is 9.59 Å². The largest absolute Gasteiger partial charge is 0.441 e. The lowest BCUT2D eigenvalue weighted by molar-refractivity contribution is -0.138. The molecule has 0 fully saturated rings. The summed E-state index contributed by atoms with van der Waals surface area (Å²) in [6, 6.07) is 0. The average molecular weight is 837 g/mol. The molecule has 0 bridgehead atoms. The Morgan fingerprint density at radius 3 is 1.08 bits per heavy atom. The molecule has 22 nitrogen and oxygen atoms in total. The van der Waals surface area contributed by atoms with Gasteiger partial charge in [-0.2, -0.15) is 29.9 Å². The molecule has 22 heteroatoms. The number of aromatic nitrogens is 6. The third kappa shape index (κ3) is 17.9. The zero-order valence-corrected chi connectivity index (χ0v) is 36.0. The number of allylic oxidation sites excluding steroid dienone is 6. The fourth-order valence-corrected chi connectivity index (χ4v) is 4.80. The molecule has 0 unspecified atom stereocenters. The van der Waals surface area contributed by atoms with E-state index in [0.29, 0.717) is 38.1 Å². The molecule has 2 aromatic rings. The maximum absolute atomic E-state index is 12.5. The van der Waals surface area contributed by atoms with Crippen molar-refractivity contribution in [2.24, 2.45) is 0 Å². The first-order valence-corrected chi connectivity index (χ1v) is 18.6. The number of nitrogens with zero attached hydrogens (tertiary/aromatic N) is 12. The Bertz CT molecular complexity index is 1600. The summed E-state index contributed by atoms with van der Waals surface area (Å²) >= 11 is 0. The Morgan fingerprint density at radius 1 is 0.441 bits per heavy atom. The molecule has 0 spiro atoms. The van der Waals surface area contributed by atoms with Crippen LogP contribution in [0.25, 0.3) is 0 Å². The number of methoxy groups -OCH3 is 4. The topological polar surface area (TPSA) is 249 Å². The minimum atomic E-state index is -0.548. The van der Waals surface area contributed by atoms with Gasteiger partial charge in [-0.1, -0.05) is 36.5 Å². The Balaban J connectivity index is 0.0000168. The smallest absolute Gasteiger partial charge is 0.332 e. The summed E-state index contributed by atoms with van der Waals surface area (Å²) in [5.74, 6) is 0.580. The van der Waals surface area contributed by atoms with Gasteiger partial charge >= 0.3 is 11.9 Å². The normalized spacial score (nSPS) is 11.2. The molecule has 0 saturated carbocycles. The Hall–Kier alpha value is -5.52. The molecule has 0 aliphatic heterocycles. The number of rotatable bonds is 28. The number of anilines is 6. The van der Waals surface area contributed by atoms with Crippen molar-refractivity contribution in [1.82, 2.24) is 29.9 Å². The van der Waals surface area contributed by atoms with Crippen molar-refractivity contribution < 1.29 is 49.0 Å². The van der Waals surface area contributed by atoms with Crippen LogP contribution in [0.2, 0.25) is 0 Å². The zero-order chi connectivity index (χ0) is 42.0. The number of hydrogen-bond acceptors (Lipinski definition) is 20. The summed E-state index contributed by atoms with van der Waals surface area (Å²) in [6.07, 6.45) is 12.9. The fraction of sp³-hybridized carbons (Fsp3) is 0.568. The van der Waals surface area contributed by atoms with Crippen LogP contribution in [-0.4, -0.2) is 154 Å². The maximum atomic E-state index is 12.5. The molecule has 0 aromatic carbocycles. The number of esters is 2. The van der Waals surface area contributed by atoms with Crippen LogP contribution >= 0.6 is 0 Å². The number of carbonyl (C=O) groups is 2. The van der Waals surface area contributed by atoms with E-state index in [-0.39, 0.29) is 81.8 Å². The first kappa shape index (κ1) is 53.5. The molecule has 2 aromatic heterocycles. The Labute approximate surface area is 347 Å². The van der Waals surface area contributed by atoms with E-state index in [1.54, 1.807) is 77.4 Å². The van der Waals surface area contributed by atoms with Crippen molar-refractivity contribution in [3.05, 3.63) is 48.6 Å². The van der Waals surface area contributed by atoms with Gasteiger partial charge in [0, 0.05) is 66.8 Å². The number of hydrogen-bond donors (Lipinski definition) is 0. The SMILES string of the molecule is C/C=C/C=C/C(=O)OCN(CC)c1nc(N(CC)COC)nc(N(COC)CN(COC)c2nc(N(CC)CC)nc(N(COC)COC(=O)/C=C/C=C/C)n2)n1.O.O. The Morgan fingerprint density at radius 2 is 0.729 bits per heavy atom. The number of carbonyl (C=O) groups excluding carboxylic acids is 2. The van der Waals surface area contributed by atoms with Crippen molar-refractivity contribution in [1.29, 1.82) is 0 Å². The molecule has 0 aliphatic rings. The third-order valence-electron chi connectivity index (χ3n) is 7.70. The second-order valence-corrected chi connectivity index (χ2v) is 11.7. The van der Waals surface area contributed by atoms with E-state index in [0.717, 1.165) is 0 Å². The Kier molecular flexibility index (Phi) is 27.7. The average Bonchev–Trinajstić information content (AvgIpc) is 3.21. The van der Waals surface area contributed by atoms with Gasteiger partial charge in [-0.25, -0.2) is 9.59 Å². The highest BCUT2D eigenvalue weighted by Crippen LogP contribution is 2.23. The van der Waals surface area contributed by atoms with Gasteiger partial charge in [-0.15, -0.1) is 0 Å². The summed E-state index contributed by atoms with van der Waals surface area (Å²) in [5.41, 5.74) is 0. The van der Waals surface area contributed by atoms with E-state index in [1.165, 1.54) is 19.3 Å². The standard InChI is InChI=1S/C37H60N12O8.2H2O/c1-11-17-19-21-30(50)56-28-46(16-6)34-40-33(45(15-5)24-52-7)41-36(42-34)48(26-54-9)23-47(25-53-8)35-38-32(44(13-3)14-4)39-37(43-35)49(27-55-10)29-57-31(51)22-20-18-12-2;;/h11-12,17-22H,13-16,23-29H2,1-10H3;2*1H2/b17-11+,18-12+,21-19+,22-20+;;. The molecule has 2 heterocycles. The van der Waals surface area contributed by atoms with Crippen molar-refractivity contribution in [2.45, 2.75) is 41.5 Å². The predicted molar refractivity (Wildman–Crippen MR) is 226 cm³/mol. The van der Waals surface area contributed by atoms with Gasteiger partial charge in [0.05, 0.1) is 0 Å². The second kappa shape index (κ2) is 30.5. The van der Waals surface area contributed by atoms with Crippen molar-refractivity contribution in [3.8, 4) is 0 Å². The summed E-state index contributed by atoms with van der Waals surface area (Å²) in [5, 5.41) is 0. The second-order valence-electron chi connectivity index (χ2n) is 11.7. The lowest BCUT2D eigenvalue weighted by Crippen LogP contribution is -2.43. The van der Waals surface area contributed by atoms with Crippen LogP contribution in [0.4, 0.5) is 35.7 Å². The van der Waals surface area contributed by atoms with Crippen molar-refractivity contribution in [3.63, 3.8) is 0 Å². The quantitative estimate of drug-likeness (QED) is 0.0511. The minimum Gasteiger partial charge on any atom is -0.441 e. The van der Waals surface area contributed by atoms with E-state index in [1.807, 2.05) is 51.3 Å². The zero-order valence-electron chi connectivity index (χ0n) is 36.0. The van der Waals surface area contributed by atoms with Crippen LogP contribution in [-0.2, 0) is 38.0 Å². The molecule has 4 N–H and O–H groups in total. The van der Waals surface area contributed by atoms with Crippen LogP contribution < -0.4 is 29.4 Å². The highest BCUT2D eigenvalue weighted by atomic mass is 16.6. The lowest BCUT2D eigenvalue weighted by atomic mass is 10.4.